The van der Waals surface area contributed by atoms with Crippen LogP contribution in [0.1, 0.15) is 10.4 Å². The van der Waals surface area contributed by atoms with Crippen LogP contribution >= 0.6 is 39.1 Å². The number of carbonyl (C=O) groups excluding carboxylic acids is 1. The average Bonchev–Trinajstić information content (AvgIpc) is 2.33. The van der Waals surface area contributed by atoms with Crippen molar-refractivity contribution in [2.24, 2.45) is 0 Å². The molecule has 0 saturated carbocycles. The minimum atomic E-state index is -0.379. The number of rotatable bonds is 2. The zero-order chi connectivity index (χ0) is 14.0. The molecule has 4 nitrogen and oxygen atoms in total. The van der Waals surface area contributed by atoms with Crippen LogP contribution in [0.25, 0.3) is 0 Å². The number of benzene rings is 1. The van der Waals surface area contributed by atoms with E-state index >= 15 is 0 Å². The molecule has 0 saturated heterocycles. The van der Waals surface area contributed by atoms with Crippen molar-refractivity contribution in [2.45, 2.75) is 0 Å². The van der Waals surface area contributed by atoms with E-state index < -0.39 is 0 Å². The van der Waals surface area contributed by atoms with E-state index in [1.165, 1.54) is 12.3 Å². The first-order valence-electron chi connectivity index (χ1n) is 5.15. The van der Waals surface area contributed by atoms with Gasteiger partial charge in [-0.05, 0) is 40.2 Å². The maximum atomic E-state index is 12.1. The Balaban J connectivity index is 2.28. The van der Waals surface area contributed by atoms with Crippen LogP contribution in [-0.2, 0) is 0 Å². The van der Waals surface area contributed by atoms with Crippen molar-refractivity contribution in [1.82, 2.24) is 4.98 Å². The van der Waals surface area contributed by atoms with Crippen molar-refractivity contribution in [3.63, 3.8) is 0 Å². The Bertz CT molecular complexity index is 649. The summed E-state index contributed by atoms with van der Waals surface area (Å²) in [5, 5.41) is 3.31. The van der Waals surface area contributed by atoms with E-state index in [2.05, 4.69) is 26.2 Å². The molecule has 1 heterocycles. The van der Waals surface area contributed by atoms with Gasteiger partial charge >= 0.3 is 0 Å². The van der Waals surface area contributed by atoms with Gasteiger partial charge in [-0.2, -0.15) is 0 Å². The highest BCUT2D eigenvalue weighted by molar-refractivity contribution is 9.10. The number of carbonyl (C=O) groups is 1. The fourth-order valence-corrected chi connectivity index (χ4v) is 2.10. The molecule has 1 aromatic carbocycles. The molecule has 0 bridgehead atoms. The van der Waals surface area contributed by atoms with Crippen LogP contribution in [0, 0.1) is 0 Å². The number of halogens is 3. The molecule has 1 amide bonds. The minimum Gasteiger partial charge on any atom is -0.398 e. The van der Waals surface area contributed by atoms with Crippen LogP contribution in [0.15, 0.2) is 34.9 Å². The Morgan fingerprint density at radius 2 is 2.05 bits per heavy atom. The molecular weight excluding hydrogens is 353 g/mol. The molecule has 3 N–H and O–H groups in total. The van der Waals surface area contributed by atoms with Crippen molar-refractivity contribution in [2.75, 3.05) is 11.1 Å². The maximum Gasteiger partial charge on any atom is 0.257 e. The number of nitrogens with one attached hydrogen (secondary N) is 1. The second kappa shape index (κ2) is 5.77. The van der Waals surface area contributed by atoms with Crippen molar-refractivity contribution >= 4 is 56.4 Å². The van der Waals surface area contributed by atoms with Crippen molar-refractivity contribution in [1.29, 1.82) is 0 Å². The van der Waals surface area contributed by atoms with Gasteiger partial charge < -0.3 is 11.1 Å². The van der Waals surface area contributed by atoms with E-state index in [4.69, 9.17) is 28.9 Å². The summed E-state index contributed by atoms with van der Waals surface area (Å²) in [5.41, 5.74) is 6.75. The number of nitrogen functional groups attached to an aromatic ring is 1. The number of pyridine rings is 1. The van der Waals surface area contributed by atoms with Gasteiger partial charge in [0.05, 0.1) is 11.3 Å². The first kappa shape index (κ1) is 14.1. The molecule has 2 rings (SSSR count). The highest BCUT2D eigenvalue weighted by atomic mass is 79.9. The van der Waals surface area contributed by atoms with E-state index in [-0.39, 0.29) is 11.1 Å². The fourth-order valence-electron chi connectivity index (χ4n) is 1.44. The normalized spacial score (nSPS) is 10.3. The quantitative estimate of drug-likeness (QED) is 0.628. The summed E-state index contributed by atoms with van der Waals surface area (Å²) in [6.07, 6.45) is 1.54. The molecule has 0 aliphatic heterocycles. The van der Waals surface area contributed by atoms with Gasteiger partial charge in [0.2, 0.25) is 0 Å². The third-order valence-electron chi connectivity index (χ3n) is 2.31. The van der Waals surface area contributed by atoms with Crippen LogP contribution in [0.2, 0.25) is 10.2 Å². The maximum absolute atomic E-state index is 12.1. The molecule has 2 aromatic rings. The van der Waals surface area contributed by atoms with Crippen molar-refractivity contribution in [3.05, 3.63) is 50.7 Å². The first-order valence-corrected chi connectivity index (χ1v) is 6.69. The largest absolute Gasteiger partial charge is 0.398 e. The summed E-state index contributed by atoms with van der Waals surface area (Å²) in [4.78, 5) is 16.0. The summed E-state index contributed by atoms with van der Waals surface area (Å²) in [6.45, 7) is 0. The number of anilines is 2. The summed E-state index contributed by atoms with van der Waals surface area (Å²) in [7, 11) is 0. The Morgan fingerprint density at radius 3 is 2.74 bits per heavy atom. The number of amides is 1. The van der Waals surface area contributed by atoms with Crippen LogP contribution < -0.4 is 11.1 Å². The lowest BCUT2D eigenvalue weighted by Gasteiger charge is -2.09. The average molecular weight is 361 g/mol. The standard InChI is InChI=1S/C12H8BrCl2N3O/c13-6-3-10(11(15)17-5-6)18-12(19)8-2-1-7(14)4-9(8)16/h1-5H,16H2,(H,18,19). The van der Waals surface area contributed by atoms with Crippen molar-refractivity contribution in [3.8, 4) is 0 Å². The Kier molecular flexibility index (Phi) is 4.29. The summed E-state index contributed by atoms with van der Waals surface area (Å²) >= 11 is 14.9. The number of nitrogens with two attached hydrogens (primary N) is 1. The second-order valence-electron chi connectivity index (χ2n) is 3.68. The summed E-state index contributed by atoms with van der Waals surface area (Å²) in [5.74, 6) is -0.379. The monoisotopic (exact) mass is 359 g/mol. The topological polar surface area (TPSA) is 68.0 Å². The van der Waals surface area contributed by atoms with Crippen LogP contribution in [0.3, 0.4) is 0 Å². The number of hydrogen-bond acceptors (Lipinski definition) is 3. The summed E-state index contributed by atoms with van der Waals surface area (Å²) in [6, 6.07) is 6.30. The van der Waals surface area contributed by atoms with E-state index in [9.17, 15) is 4.79 Å². The Labute approximate surface area is 128 Å². The van der Waals surface area contributed by atoms with Gasteiger partial charge in [-0.3, -0.25) is 4.79 Å². The van der Waals surface area contributed by atoms with E-state index in [0.717, 1.165) is 0 Å². The first-order chi connectivity index (χ1) is 8.97. The van der Waals surface area contributed by atoms with Gasteiger partial charge in [-0.1, -0.05) is 23.2 Å². The second-order valence-corrected chi connectivity index (χ2v) is 5.39. The highest BCUT2D eigenvalue weighted by Crippen LogP contribution is 2.25. The predicted octanol–water partition coefficient (Wildman–Crippen LogP) is 3.99. The minimum absolute atomic E-state index is 0.198. The van der Waals surface area contributed by atoms with Gasteiger partial charge in [0.15, 0.2) is 5.15 Å². The molecule has 98 valence electrons. The Hall–Kier alpha value is -1.30. The molecule has 0 radical (unpaired) electrons. The van der Waals surface area contributed by atoms with Gasteiger partial charge in [-0.25, -0.2) is 4.98 Å². The van der Waals surface area contributed by atoms with E-state index in [1.54, 1.807) is 18.2 Å². The number of hydrogen-bond donors (Lipinski definition) is 2. The lowest BCUT2D eigenvalue weighted by atomic mass is 10.1. The SMILES string of the molecule is Nc1cc(Cl)ccc1C(=O)Nc1cc(Br)cnc1Cl. The molecule has 0 fully saturated rings. The van der Waals surface area contributed by atoms with E-state index in [1.807, 2.05) is 0 Å². The number of nitrogens with zero attached hydrogens (tertiary/aromatic N) is 1. The highest BCUT2D eigenvalue weighted by Gasteiger charge is 2.12. The lowest BCUT2D eigenvalue weighted by molar-refractivity contribution is 0.102. The summed E-state index contributed by atoms with van der Waals surface area (Å²) < 4.78 is 0.705. The fraction of sp³-hybridized carbons (Fsp3) is 0. The van der Waals surface area contributed by atoms with Gasteiger partial charge in [-0.15, -0.1) is 0 Å². The van der Waals surface area contributed by atoms with Crippen molar-refractivity contribution < 1.29 is 4.79 Å². The molecule has 0 atom stereocenters. The van der Waals surface area contributed by atoms with Gasteiger partial charge in [0.1, 0.15) is 0 Å². The van der Waals surface area contributed by atoms with Crippen LogP contribution in [0.4, 0.5) is 11.4 Å². The number of aromatic nitrogens is 1. The molecule has 7 heteroatoms. The van der Waals surface area contributed by atoms with Crippen LogP contribution in [0.5, 0.6) is 0 Å². The van der Waals surface area contributed by atoms with Gasteiger partial charge in [0, 0.05) is 21.4 Å². The zero-order valence-corrected chi connectivity index (χ0v) is 12.6. The Morgan fingerprint density at radius 1 is 1.32 bits per heavy atom. The third-order valence-corrected chi connectivity index (χ3v) is 3.28. The smallest absolute Gasteiger partial charge is 0.257 e. The molecule has 0 unspecified atom stereocenters. The molecule has 0 aliphatic carbocycles. The predicted molar refractivity (Wildman–Crippen MR) is 80.8 cm³/mol. The molecule has 0 spiro atoms. The van der Waals surface area contributed by atoms with Gasteiger partial charge in [0.25, 0.3) is 5.91 Å². The molecule has 19 heavy (non-hydrogen) atoms. The van der Waals surface area contributed by atoms with E-state index in [0.29, 0.717) is 26.4 Å². The third kappa shape index (κ3) is 3.37. The lowest BCUT2D eigenvalue weighted by Crippen LogP contribution is -2.14. The van der Waals surface area contributed by atoms with Crippen LogP contribution in [-0.4, -0.2) is 10.9 Å². The molecule has 0 aliphatic rings. The molecular formula is C12H8BrCl2N3O. The zero-order valence-electron chi connectivity index (χ0n) is 9.45. The molecule has 1 aromatic heterocycles.